The highest BCUT2D eigenvalue weighted by atomic mass is 32.2. The van der Waals surface area contributed by atoms with Crippen LogP contribution >= 0.6 is 11.8 Å². The standard InChI is InChI=1S/C15H18N2O3S/c1-3-20-12-6-4-11(5-7-12)8-13-14(18)17(9-10(2)16)15(19)21-13/h4-8,10H,3,9,16H2,1-2H3/b13-8-. The topological polar surface area (TPSA) is 72.6 Å². The van der Waals surface area contributed by atoms with Gasteiger partial charge in [-0.1, -0.05) is 12.1 Å². The number of carbonyl (C=O) groups excluding carboxylic acids is 2. The van der Waals surface area contributed by atoms with E-state index < -0.39 is 0 Å². The van der Waals surface area contributed by atoms with Gasteiger partial charge in [0.25, 0.3) is 11.1 Å². The molecule has 1 saturated heterocycles. The summed E-state index contributed by atoms with van der Waals surface area (Å²) in [6, 6.07) is 7.14. The van der Waals surface area contributed by atoms with Gasteiger partial charge in [0.1, 0.15) is 5.75 Å². The van der Waals surface area contributed by atoms with Crippen molar-refractivity contribution in [2.45, 2.75) is 19.9 Å². The van der Waals surface area contributed by atoms with Gasteiger partial charge in [-0.05, 0) is 49.4 Å². The highest BCUT2D eigenvalue weighted by Gasteiger charge is 2.35. The van der Waals surface area contributed by atoms with Crippen molar-refractivity contribution in [2.75, 3.05) is 13.2 Å². The van der Waals surface area contributed by atoms with Crippen molar-refractivity contribution in [3.63, 3.8) is 0 Å². The number of thioether (sulfide) groups is 1. The van der Waals surface area contributed by atoms with Crippen LogP contribution < -0.4 is 10.5 Å². The third-order valence-electron chi connectivity index (χ3n) is 2.83. The van der Waals surface area contributed by atoms with E-state index in [0.717, 1.165) is 23.1 Å². The summed E-state index contributed by atoms with van der Waals surface area (Å²) in [5, 5.41) is -0.269. The first-order valence-corrected chi connectivity index (χ1v) is 7.56. The minimum atomic E-state index is -0.281. The second kappa shape index (κ2) is 6.78. The summed E-state index contributed by atoms with van der Waals surface area (Å²) in [4.78, 5) is 25.6. The maximum absolute atomic E-state index is 12.2. The lowest BCUT2D eigenvalue weighted by Gasteiger charge is -2.14. The van der Waals surface area contributed by atoms with Crippen molar-refractivity contribution >= 4 is 29.0 Å². The fraction of sp³-hybridized carbons (Fsp3) is 0.333. The molecule has 1 fully saturated rings. The van der Waals surface area contributed by atoms with Crippen LogP contribution in [0.2, 0.25) is 0 Å². The normalized spacial score (nSPS) is 18.4. The quantitative estimate of drug-likeness (QED) is 0.846. The van der Waals surface area contributed by atoms with E-state index in [-0.39, 0.29) is 23.7 Å². The first-order valence-electron chi connectivity index (χ1n) is 6.75. The number of rotatable bonds is 5. The second-order valence-electron chi connectivity index (χ2n) is 4.77. The molecule has 0 saturated carbocycles. The van der Waals surface area contributed by atoms with Crippen LogP contribution in [0.25, 0.3) is 6.08 Å². The smallest absolute Gasteiger partial charge is 0.293 e. The van der Waals surface area contributed by atoms with E-state index in [0.29, 0.717) is 11.5 Å². The Kier molecular flexibility index (Phi) is 5.03. The molecule has 1 aromatic carbocycles. The van der Waals surface area contributed by atoms with Crippen molar-refractivity contribution in [1.29, 1.82) is 0 Å². The number of imide groups is 1. The van der Waals surface area contributed by atoms with Gasteiger partial charge in [0, 0.05) is 12.6 Å². The third-order valence-corrected chi connectivity index (χ3v) is 3.74. The van der Waals surface area contributed by atoms with Crippen LogP contribution in [0.3, 0.4) is 0 Å². The molecule has 0 aliphatic carbocycles. The van der Waals surface area contributed by atoms with Crippen LogP contribution in [0.1, 0.15) is 19.4 Å². The zero-order valence-corrected chi connectivity index (χ0v) is 12.9. The van der Waals surface area contributed by atoms with Gasteiger partial charge >= 0.3 is 0 Å². The van der Waals surface area contributed by atoms with Crippen LogP contribution in [-0.2, 0) is 4.79 Å². The molecule has 21 heavy (non-hydrogen) atoms. The zero-order chi connectivity index (χ0) is 15.4. The van der Waals surface area contributed by atoms with Crippen molar-refractivity contribution in [2.24, 2.45) is 5.73 Å². The predicted octanol–water partition coefficient (Wildman–Crippen LogP) is 2.47. The van der Waals surface area contributed by atoms with Crippen molar-refractivity contribution in [3.05, 3.63) is 34.7 Å². The highest BCUT2D eigenvalue weighted by molar-refractivity contribution is 8.18. The highest BCUT2D eigenvalue weighted by Crippen LogP contribution is 2.32. The summed E-state index contributed by atoms with van der Waals surface area (Å²) in [6.07, 6.45) is 1.71. The van der Waals surface area contributed by atoms with E-state index in [2.05, 4.69) is 0 Å². The number of benzene rings is 1. The lowest BCUT2D eigenvalue weighted by atomic mass is 10.2. The van der Waals surface area contributed by atoms with Gasteiger partial charge in [0.15, 0.2) is 0 Å². The molecule has 1 atom stereocenters. The zero-order valence-electron chi connectivity index (χ0n) is 12.0. The van der Waals surface area contributed by atoms with E-state index in [9.17, 15) is 9.59 Å². The Morgan fingerprint density at radius 2 is 2.00 bits per heavy atom. The van der Waals surface area contributed by atoms with Gasteiger partial charge in [-0.15, -0.1) is 0 Å². The number of carbonyl (C=O) groups is 2. The average molecular weight is 306 g/mol. The van der Waals surface area contributed by atoms with Gasteiger partial charge in [-0.25, -0.2) is 0 Å². The van der Waals surface area contributed by atoms with Crippen LogP contribution in [0.15, 0.2) is 29.2 Å². The fourth-order valence-corrected chi connectivity index (χ4v) is 2.77. The first kappa shape index (κ1) is 15.6. The Morgan fingerprint density at radius 3 is 2.57 bits per heavy atom. The number of hydrogen-bond donors (Lipinski definition) is 1. The fourth-order valence-electron chi connectivity index (χ4n) is 1.92. The van der Waals surface area contributed by atoms with E-state index in [1.807, 2.05) is 31.2 Å². The maximum Gasteiger partial charge on any atom is 0.293 e. The second-order valence-corrected chi connectivity index (χ2v) is 5.76. The summed E-state index contributed by atoms with van der Waals surface area (Å²) in [6.45, 7) is 4.53. The van der Waals surface area contributed by atoms with Crippen LogP contribution in [0.5, 0.6) is 5.75 Å². The molecule has 1 aromatic rings. The number of nitrogens with zero attached hydrogens (tertiary/aromatic N) is 1. The Hall–Kier alpha value is -1.79. The Balaban J connectivity index is 2.14. The van der Waals surface area contributed by atoms with Crippen molar-refractivity contribution < 1.29 is 14.3 Å². The molecular formula is C15H18N2O3S. The monoisotopic (exact) mass is 306 g/mol. The van der Waals surface area contributed by atoms with Gasteiger partial charge in [-0.2, -0.15) is 0 Å². The number of hydrogen-bond acceptors (Lipinski definition) is 5. The van der Waals surface area contributed by atoms with Crippen molar-refractivity contribution in [1.82, 2.24) is 4.90 Å². The molecule has 2 N–H and O–H groups in total. The number of nitrogens with two attached hydrogens (primary N) is 1. The predicted molar refractivity (Wildman–Crippen MR) is 83.9 cm³/mol. The summed E-state index contributed by atoms with van der Waals surface area (Å²) in [5.41, 5.74) is 6.50. The molecule has 5 nitrogen and oxygen atoms in total. The molecule has 0 aromatic heterocycles. The molecule has 1 unspecified atom stereocenters. The lowest BCUT2D eigenvalue weighted by Crippen LogP contribution is -2.38. The average Bonchev–Trinajstić information content (AvgIpc) is 2.69. The lowest BCUT2D eigenvalue weighted by molar-refractivity contribution is -0.122. The minimum absolute atomic E-state index is 0.233. The van der Waals surface area contributed by atoms with Gasteiger partial charge in [0.2, 0.25) is 0 Å². The van der Waals surface area contributed by atoms with Gasteiger partial charge in [-0.3, -0.25) is 14.5 Å². The molecule has 1 heterocycles. The summed E-state index contributed by atoms with van der Waals surface area (Å²) < 4.78 is 5.36. The van der Waals surface area contributed by atoms with Crippen molar-refractivity contribution in [3.8, 4) is 5.75 Å². The molecule has 1 aliphatic rings. The number of amides is 2. The summed E-state index contributed by atoms with van der Waals surface area (Å²) >= 11 is 0.945. The molecule has 0 bridgehead atoms. The molecular weight excluding hydrogens is 288 g/mol. The molecule has 6 heteroatoms. The molecule has 112 valence electrons. The van der Waals surface area contributed by atoms with E-state index >= 15 is 0 Å². The Labute approximate surface area is 128 Å². The molecule has 2 rings (SSSR count). The molecule has 0 spiro atoms. The number of ether oxygens (including phenoxy) is 1. The Morgan fingerprint density at radius 1 is 1.33 bits per heavy atom. The maximum atomic E-state index is 12.2. The molecule has 1 aliphatic heterocycles. The van der Waals surface area contributed by atoms with Crippen LogP contribution in [0.4, 0.5) is 4.79 Å². The minimum Gasteiger partial charge on any atom is -0.494 e. The molecule has 0 radical (unpaired) electrons. The SMILES string of the molecule is CCOc1ccc(/C=C2\SC(=O)N(CC(C)N)C2=O)cc1. The van der Waals surface area contributed by atoms with E-state index in [4.69, 9.17) is 10.5 Å². The molecule has 2 amide bonds. The van der Waals surface area contributed by atoms with E-state index in [1.165, 1.54) is 4.90 Å². The van der Waals surface area contributed by atoms with Crippen LogP contribution in [0, 0.1) is 0 Å². The van der Waals surface area contributed by atoms with Gasteiger partial charge < -0.3 is 10.5 Å². The van der Waals surface area contributed by atoms with Crippen LogP contribution in [-0.4, -0.2) is 35.2 Å². The van der Waals surface area contributed by atoms with E-state index in [1.54, 1.807) is 13.0 Å². The third kappa shape index (κ3) is 3.86. The summed E-state index contributed by atoms with van der Waals surface area (Å²) in [7, 11) is 0. The largest absolute Gasteiger partial charge is 0.494 e. The first-order chi connectivity index (χ1) is 10.0. The Bertz CT molecular complexity index is 567. The summed E-state index contributed by atoms with van der Waals surface area (Å²) in [5.74, 6) is 0.496. The van der Waals surface area contributed by atoms with Gasteiger partial charge in [0.05, 0.1) is 11.5 Å².